The fourth-order valence-electron chi connectivity index (χ4n) is 5.97. The van der Waals surface area contributed by atoms with Gasteiger partial charge in [0.05, 0.1) is 7.11 Å². The Morgan fingerprint density at radius 1 is 1.08 bits per heavy atom. The van der Waals surface area contributed by atoms with Crippen molar-refractivity contribution in [3.63, 3.8) is 0 Å². The quantitative estimate of drug-likeness (QED) is 0.884. The molecule has 0 heterocycles. The van der Waals surface area contributed by atoms with Crippen molar-refractivity contribution in [2.45, 2.75) is 56.4 Å². The number of nitrogens with one attached hydrogen (secondary N) is 1. The Morgan fingerprint density at radius 2 is 1.62 bits per heavy atom. The molecule has 1 unspecified atom stereocenters. The van der Waals surface area contributed by atoms with E-state index in [9.17, 15) is 8.42 Å². The third-order valence-electron chi connectivity index (χ3n) is 6.69. The fourth-order valence-corrected chi connectivity index (χ4v) is 7.49. The molecule has 4 fully saturated rings. The van der Waals surface area contributed by atoms with Gasteiger partial charge < -0.3 is 4.74 Å². The lowest BCUT2D eigenvalue weighted by molar-refractivity contribution is -0.0666. The molecule has 0 aliphatic heterocycles. The Labute approximate surface area is 145 Å². The van der Waals surface area contributed by atoms with Gasteiger partial charge in [-0.1, -0.05) is 12.1 Å². The number of hydrogen-bond acceptors (Lipinski definition) is 3. The molecule has 4 saturated carbocycles. The molecule has 1 aromatic rings. The highest BCUT2D eigenvalue weighted by Gasteiger charge is 2.53. The number of benzene rings is 1. The Balaban J connectivity index is 1.58. The molecule has 5 rings (SSSR count). The van der Waals surface area contributed by atoms with Crippen LogP contribution >= 0.6 is 0 Å². The van der Waals surface area contributed by atoms with Gasteiger partial charge in [-0.15, -0.1) is 0 Å². The maximum Gasteiger partial charge on any atom is 0.244 e. The van der Waals surface area contributed by atoms with Crippen molar-refractivity contribution in [3.05, 3.63) is 24.3 Å². The van der Waals surface area contributed by atoms with Crippen LogP contribution in [0.25, 0.3) is 0 Å². The molecule has 1 aromatic carbocycles. The molecule has 4 bridgehead atoms. The normalized spacial score (nSPS) is 35.8. The lowest BCUT2D eigenvalue weighted by Gasteiger charge is -2.59. The molecule has 0 amide bonds. The van der Waals surface area contributed by atoms with Gasteiger partial charge in [-0.25, -0.2) is 13.1 Å². The summed E-state index contributed by atoms with van der Waals surface area (Å²) >= 11 is 0. The molecule has 1 N–H and O–H groups in total. The average Bonchev–Trinajstić information content (AvgIpc) is 2.53. The molecule has 0 aromatic heterocycles. The van der Waals surface area contributed by atoms with Crippen LogP contribution < -0.4 is 9.46 Å². The van der Waals surface area contributed by atoms with Crippen LogP contribution in [0.2, 0.25) is 0 Å². The zero-order valence-electron chi connectivity index (χ0n) is 14.5. The van der Waals surface area contributed by atoms with Gasteiger partial charge in [0.25, 0.3) is 0 Å². The predicted molar refractivity (Wildman–Crippen MR) is 93.4 cm³/mol. The van der Waals surface area contributed by atoms with Crippen molar-refractivity contribution in [2.24, 2.45) is 23.2 Å². The van der Waals surface area contributed by atoms with E-state index in [1.807, 2.05) is 0 Å². The van der Waals surface area contributed by atoms with Gasteiger partial charge >= 0.3 is 0 Å². The number of ether oxygens (including phenoxy) is 1. The fraction of sp³-hybridized carbons (Fsp3) is 0.684. The molecular weight excluding hydrogens is 322 g/mol. The summed E-state index contributed by atoms with van der Waals surface area (Å²) in [6, 6.07) is 6.82. The SMILES string of the molecule is COc1ccccc1S(=O)(=O)NC(C)C12CC3CC(CC(C3)C1)C2. The zero-order chi connectivity index (χ0) is 16.9. The summed E-state index contributed by atoms with van der Waals surface area (Å²) < 4.78 is 34.1. The van der Waals surface area contributed by atoms with Gasteiger partial charge in [-0.2, -0.15) is 0 Å². The second-order valence-corrected chi connectivity index (χ2v) is 9.96. The predicted octanol–water partition coefficient (Wildman–Crippen LogP) is 3.58. The summed E-state index contributed by atoms with van der Waals surface area (Å²) in [5.74, 6) is 2.85. The van der Waals surface area contributed by atoms with Gasteiger partial charge in [0.15, 0.2) is 0 Å². The van der Waals surface area contributed by atoms with Crippen LogP contribution in [0.5, 0.6) is 5.75 Å². The number of methoxy groups -OCH3 is 1. The summed E-state index contributed by atoms with van der Waals surface area (Å²) in [7, 11) is -2.06. The lowest BCUT2D eigenvalue weighted by Crippen LogP contribution is -2.55. The monoisotopic (exact) mass is 349 g/mol. The molecule has 4 aliphatic rings. The first-order valence-corrected chi connectivity index (χ1v) is 10.6. The molecule has 24 heavy (non-hydrogen) atoms. The highest BCUT2D eigenvalue weighted by molar-refractivity contribution is 7.89. The van der Waals surface area contributed by atoms with Crippen LogP contribution in [-0.2, 0) is 10.0 Å². The minimum Gasteiger partial charge on any atom is -0.495 e. The van der Waals surface area contributed by atoms with Crippen molar-refractivity contribution in [2.75, 3.05) is 7.11 Å². The van der Waals surface area contributed by atoms with Crippen molar-refractivity contribution in [3.8, 4) is 5.75 Å². The Kier molecular flexibility index (Phi) is 3.92. The number of rotatable bonds is 5. The first-order valence-electron chi connectivity index (χ1n) is 9.07. The molecule has 4 aliphatic carbocycles. The van der Waals surface area contributed by atoms with E-state index < -0.39 is 10.0 Å². The topological polar surface area (TPSA) is 55.4 Å². The Morgan fingerprint density at radius 3 is 2.17 bits per heavy atom. The van der Waals surface area contributed by atoms with Gasteiger partial charge in [0.2, 0.25) is 10.0 Å². The lowest BCUT2D eigenvalue weighted by atomic mass is 9.48. The molecule has 0 radical (unpaired) electrons. The van der Waals surface area contributed by atoms with Gasteiger partial charge in [-0.3, -0.25) is 0 Å². The molecule has 0 spiro atoms. The van der Waals surface area contributed by atoms with Gasteiger partial charge in [-0.05, 0) is 80.8 Å². The minimum atomic E-state index is -3.57. The molecule has 132 valence electrons. The van der Waals surface area contributed by atoms with Crippen LogP contribution in [0.4, 0.5) is 0 Å². The third-order valence-corrected chi connectivity index (χ3v) is 8.27. The molecule has 5 heteroatoms. The highest BCUT2D eigenvalue weighted by atomic mass is 32.2. The van der Waals surface area contributed by atoms with Gasteiger partial charge in [0.1, 0.15) is 10.6 Å². The van der Waals surface area contributed by atoms with E-state index in [2.05, 4.69) is 11.6 Å². The second kappa shape index (κ2) is 5.73. The number of hydrogen-bond donors (Lipinski definition) is 1. The summed E-state index contributed by atoms with van der Waals surface area (Å²) in [6.07, 6.45) is 7.67. The van der Waals surface area contributed by atoms with E-state index in [-0.39, 0.29) is 16.4 Å². The maximum atomic E-state index is 12.9. The van der Waals surface area contributed by atoms with Crippen LogP contribution in [-0.4, -0.2) is 21.6 Å². The van der Waals surface area contributed by atoms with E-state index in [0.717, 1.165) is 17.8 Å². The van der Waals surface area contributed by atoms with Crippen LogP contribution in [0.3, 0.4) is 0 Å². The van der Waals surface area contributed by atoms with Crippen LogP contribution in [0.15, 0.2) is 29.2 Å². The van der Waals surface area contributed by atoms with Crippen LogP contribution in [0.1, 0.15) is 45.4 Å². The summed E-state index contributed by atoms with van der Waals surface area (Å²) in [4.78, 5) is 0.240. The number of sulfonamides is 1. The van der Waals surface area contributed by atoms with Crippen molar-refractivity contribution in [1.82, 2.24) is 4.72 Å². The standard InChI is InChI=1S/C19H27NO3S/c1-13(19-10-14-7-15(11-19)9-16(8-14)12-19)20-24(21,22)18-6-4-3-5-17(18)23-2/h3-6,13-16,20H,7-12H2,1-2H3. The molecule has 1 atom stereocenters. The van der Waals surface area contributed by atoms with E-state index in [1.165, 1.54) is 45.6 Å². The third kappa shape index (κ3) is 2.66. The largest absolute Gasteiger partial charge is 0.495 e. The van der Waals surface area contributed by atoms with Crippen molar-refractivity contribution in [1.29, 1.82) is 0 Å². The maximum absolute atomic E-state index is 12.9. The Hall–Kier alpha value is -1.07. The zero-order valence-corrected chi connectivity index (χ0v) is 15.3. The van der Waals surface area contributed by atoms with Crippen LogP contribution in [0, 0.1) is 23.2 Å². The first-order chi connectivity index (χ1) is 11.4. The summed E-state index contributed by atoms with van der Waals surface area (Å²) in [5.41, 5.74) is 0.157. The highest BCUT2D eigenvalue weighted by Crippen LogP contribution is 2.61. The summed E-state index contributed by atoms with van der Waals surface area (Å²) in [5, 5.41) is 0. The smallest absolute Gasteiger partial charge is 0.244 e. The first kappa shape index (κ1) is 16.4. The Bertz CT molecular complexity index is 693. The van der Waals surface area contributed by atoms with Gasteiger partial charge in [0, 0.05) is 6.04 Å². The molecule has 0 saturated heterocycles. The minimum absolute atomic E-state index is 0.0270. The second-order valence-electron chi connectivity index (χ2n) is 8.27. The van der Waals surface area contributed by atoms with E-state index in [0.29, 0.717) is 5.75 Å². The van der Waals surface area contributed by atoms with E-state index in [4.69, 9.17) is 4.74 Å². The average molecular weight is 349 g/mol. The van der Waals surface area contributed by atoms with Crippen molar-refractivity contribution >= 4 is 10.0 Å². The molecule has 4 nitrogen and oxygen atoms in total. The number of para-hydroxylation sites is 1. The van der Waals surface area contributed by atoms with E-state index in [1.54, 1.807) is 24.3 Å². The van der Waals surface area contributed by atoms with E-state index >= 15 is 0 Å². The summed E-state index contributed by atoms with van der Waals surface area (Å²) in [6.45, 7) is 2.07. The van der Waals surface area contributed by atoms with Crippen molar-refractivity contribution < 1.29 is 13.2 Å². The molecular formula is C19H27NO3S.